The Kier molecular flexibility index (Phi) is 4.22. The van der Waals surface area contributed by atoms with Gasteiger partial charge in [0.2, 0.25) is 5.95 Å². The van der Waals surface area contributed by atoms with Gasteiger partial charge in [0.1, 0.15) is 5.82 Å². The zero-order valence-electron chi connectivity index (χ0n) is 16.1. The maximum atomic E-state index is 13.0. The molecule has 1 atom stereocenters. The topological polar surface area (TPSA) is 67.2 Å². The van der Waals surface area contributed by atoms with Crippen LogP contribution in [0.3, 0.4) is 0 Å². The monoisotopic (exact) mass is 376 g/mol. The van der Waals surface area contributed by atoms with E-state index in [1.54, 1.807) is 12.4 Å². The largest absolute Gasteiger partial charge is 0.337 e. The van der Waals surface area contributed by atoms with Gasteiger partial charge >= 0.3 is 0 Å². The van der Waals surface area contributed by atoms with Gasteiger partial charge in [-0.05, 0) is 36.6 Å². The highest BCUT2D eigenvalue weighted by atomic mass is 16.2. The summed E-state index contributed by atoms with van der Waals surface area (Å²) >= 11 is 0. The molecular formula is C21H24N6O. The fraction of sp³-hybridized carbons (Fsp3) is 0.429. The highest BCUT2D eigenvalue weighted by molar-refractivity contribution is 5.97. The van der Waals surface area contributed by atoms with Crippen molar-refractivity contribution in [2.24, 2.45) is 5.92 Å². The Bertz CT molecular complexity index is 1010. The van der Waals surface area contributed by atoms with Gasteiger partial charge in [-0.1, -0.05) is 6.92 Å². The second-order valence-corrected chi connectivity index (χ2v) is 7.81. The molecular weight excluding hydrogens is 352 g/mol. The summed E-state index contributed by atoms with van der Waals surface area (Å²) in [6.07, 6.45) is 5.70. The number of benzene rings is 1. The first-order valence-corrected chi connectivity index (χ1v) is 9.99. The van der Waals surface area contributed by atoms with E-state index in [1.165, 1.54) is 6.42 Å². The van der Waals surface area contributed by atoms with Crippen LogP contribution >= 0.6 is 0 Å². The predicted octanol–water partition coefficient (Wildman–Crippen LogP) is 2.37. The number of imidazole rings is 1. The molecule has 1 unspecified atom stereocenters. The van der Waals surface area contributed by atoms with Crippen molar-refractivity contribution in [2.45, 2.75) is 26.3 Å². The van der Waals surface area contributed by atoms with Crippen molar-refractivity contribution in [3.63, 3.8) is 0 Å². The third kappa shape index (κ3) is 3.00. The van der Waals surface area contributed by atoms with Crippen molar-refractivity contribution in [2.75, 3.05) is 31.1 Å². The Balaban J connectivity index is 1.32. The highest BCUT2D eigenvalue weighted by Crippen LogP contribution is 2.26. The number of aryl methyl sites for hydroxylation is 1. The Hall–Kier alpha value is -2.96. The highest BCUT2D eigenvalue weighted by Gasteiger charge is 2.25. The first-order chi connectivity index (χ1) is 13.7. The van der Waals surface area contributed by atoms with Crippen molar-refractivity contribution < 1.29 is 4.79 Å². The van der Waals surface area contributed by atoms with Crippen LogP contribution in [0.5, 0.6) is 0 Å². The number of aromatic nitrogens is 4. The van der Waals surface area contributed by atoms with E-state index in [1.807, 2.05) is 23.1 Å². The van der Waals surface area contributed by atoms with Crippen LogP contribution in [0.4, 0.5) is 5.95 Å². The second-order valence-electron chi connectivity index (χ2n) is 7.81. The second kappa shape index (κ2) is 6.89. The number of carbonyl (C=O) groups is 1. The molecule has 0 N–H and O–H groups in total. The van der Waals surface area contributed by atoms with E-state index < -0.39 is 0 Å². The fourth-order valence-electron chi connectivity index (χ4n) is 4.23. The minimum atomic E-state index is 0.0786. The first kappa shape index (κ1) is 17.2. The molecule has 2 aliphatic heterocycles. The molecule has 0 bridgehead atoms. The summed E-state index contributed by atoms with van der Waals surface area (Å²) in [6.45, 7) is 6.13. The van der Waals surface area contributed by atoms with E-state index in [-0.39, 0.29) is 5.91 Å². The van der Waals surface area contributed by atoms with Crippen LogP contribution in [0.15, 0.2) is 36.7 Å². The van der Waals surface area contributed by atoms with Gasteiger partial charge in [0, 0.05) is 57.1 Å². The molecule has 1 fully saturated rings. The van der Waals surface area contributed by atoms with Crippen LogP contribution in [-0.4, -0.2) is 56.5 Å². The standard InChI is InChI=1S/C21H24N6O/c1-15-5-8-27-18-4-3-16(14-17(18)24-19(27)13-15)20(28)25-9-11-26(12-10-25)21-22-6-2-7-23-21/h2-4,6-7,14-15H,5,8-13H2,1H3. The van der Waals surface area contributed by atoms with Crippen LogP contribution in [0.25, 0.3) is 11.0 Å². The lowest BCUT2D eigenvalue weighted by Crippen LogP contribution is -2.49. The fourth-order valence-corrected chi connectivity index (χ4v) is 4.23. The molecule has 7 nitrogen and oxygen atoms in total. The Labute approximate surface area is 164 Å². The molecule has 0 radical (unpaired) electrons. The number of fused-ring (bicyclic) bond motifs is 3. The molecule has 5 rings (SSSR count). The Morgan fingerprint density at radius 2 is 1.86 bits per heavy atom. The molecule has 4 heterocycles. The van der Waals surface area contributed by atoms with E-state index >= 15 is 0 Å². The van der Waals surface area contributed by atoms with Crippen molar-refractivity contribution in [1.82, 2.24) is 24.4 Å². The molecule has 1 amide bonds. The summed E-state index contributed by atoms with van der Waals surface area (Å²) in [4.78, 5) is 30.5. The summed E-state index contributed by atoms with van der Waals surface area (Å²) in [5.74, 6) is 2.63. The molecule has 7 heteroatoms. The smallest absolute Gasteiger partial charge is 0.254 e. The summed E-state index contributed by atoms with van der Waals surface area (Å²) in [5.41, 5.74) is 2.80. The van der Waals surface area contributed by atoms with Crippen LogP contribution < -0.4 is 4.90 Å². The molecule has 3 aromatic rings. The van der Waals surface area contributed by atoms with Crippen LogP contribution in [-0.2, 0) is 13.0 Å². The van der Waals surface area contributed by atoms with Crippen molar-refractivity contribution >= 4 is 22.9 Å². The van der Waals surface area contributed by atoms with E-state index in [0.717, 1.165) is 54.4 Å². The molecule has 0 saturated carbocycles. The first-order valence-electron chi connectivity index (χ1n) is 9.99. The number of piperazine rings is 1. The quantitative estimate of drug-likeness (QED) is 0.687. The van der Waals surface area contributed by atoms with Crippen LogP contribution in [0, 0.1) is 5.92 Å². The molecule has 1 saturated heterocycles. The Morgan fingerprint density at radius 1 is 1.07 bits per heavy atom. The molecule has 1 aromatic carbocycles. The number of anilines is 1. The minimum Gasteiger partial charge on any atom is -0.337 e. The third-order valence-electron chi connectivity index (χ3n) is 5.85. The van der Waals surface area contributed by atoms with E-state index in [2.05, 4.69) is 32.4 Å². The van der Waals surface area contributed by atoms with Gasteiger partial charge in [-0.15, -0.1) is 0 Å². The molecule has 2 aliphatic rings. The summed E-state index contributed by atoms with van der Waals surface area (Å²) in [5, 5.41) is 0. The van der Waals surface area contributed by atoms with Crippen molar-refractivity contribution in [1.29, 1.82) is 0 Å². The molecule has 0 aliphatic carbocycles. The molecule has 2 aromatic heterocycles. The number of carbonyl (C=O) groups excluding carboxylic acids is 1. The van der Waals surface area contributed by atoms with E-state index in [4.69, 9.17) is 4.98 Å². The molecule has 0 spiro atoms. The van der Waals surface area contributed by atoms with Crippen molar-refractivity contribution in [3.05, 3.63) is 48.0 Å². The van der Waals surface area contributed by atoms with Gasteiger partial charge in [-0.2, -0.15) is 0 Å². The summed E-state index contributed by atoms with van der Waals surface area (Å²) < 4.78 is 2.31. The number of amides is 1. The van der Waals surface area contributed by atoms with E-state index in [9.17, 15) is 4.79 Å². The summed E-state index contributed by atoms with van der Waals surface area (Å²) in [6, 6.07) is 7.78. The average molecular weight is 376 g/mol. The minimum absolute atomic E-state index is 0.0786. The average Bonchev–Trinajstić information content (AvgIpc) is 3.10. The predicted molar refractivity (Wildman–Crippen MR) is 107 cm³/mol. The van der Waals surface area contributed by atoms with Gasteiger partial charge in [0.05, 0.1) is 11.0 Å². The number of hydrogen-bond acceptors (Lipinski definition) is 5. The number of hydrogen-bond donors (Lipinski definition) is 0. The zero-order chi connectivity index (χ0) is 19.1. The third-order valence-corrected chi connectivity index (χ3v) is 5.85. The lowest BCUT2D eigenvalue weighted by Gasteiger charge is -2.34. The van der Waals surface area contributed by atoms with Gasteiger partial charge in [0.15, 0.2) is 0 Å². The van der Waals surface area contributed by atoms with Crippen LogP contribution in [0.2, 0.25) is 0 Å². The van der Waals surface area contributed by atoms with Crippen LogP contribution in [0.1, 0.15) is 29.5 Å². The molecule has 28 heavy (non-hydrogen) atoms. The van der Waals surface area contributed by atoms with Gasteiger partial charge in [-0.25, -0.2) is 15.0 Å². The normalized spacial score (nSPS) is 19.7. The lowest BCUT2D eigenvalue weighted by molar-refractivity contribution is 0.0746. The lowest BCUT2D eigenvalue weighted by atomic mass is 10.0. The summed E-state index contributed by atoms with van der Waals surface area (Å²) in [7, 11) is 0. The maximum absolute atomic E-state index is 13.0. The zero-order valence-corrected chi connectivity index (χ0v) is 16.1. The number of nitrogens with zero attached hydrogens (tertiary/aromatic N) is 6. The molecule has 144 valence electrons. The van der Waals surface area contributed by atoms with Crippen molar-refractivity contribution in [3.8, 4) is 0 Å². The SMILES string of the molecule is CC1CCn2c(nc3cc(C(=O)N4CCN(c5ncccn5)CC4)ccc32)C1. The Morgan fingerprint density at radius 3 is 2.64 bits per heavy atom. The maximum Gasteiger partial charge on any atom is 0.254 e. The number of rotatable bonds is 2. The van der Waals surface area contributed by atoms with Gasteiger partial charge in [-0.3, -0.25) is 4.79 Å². The van der Waals surface area contributed by atoms with Gasteiger partial charge in [0.25, 0.3) is 5.91 Å². The van der Waals surface area contributed by atoms with E-state index in [0.29, 0.717) is 19.0 Å². The van der Waals surface area contributed by atoms with Gasteiger partial charge < -0.3 is 14.4 Å².